The average molecular weight is 544 g/mol. The fourth-order valence-corrected chi connectivity index (χ4v) is 4.03. The maximum atomic E-state index is 8.74. The van der Waals surface area contributed by atoms with E-state index >= 15 is 0 Å². The second-order valence-electron chi connectivity index (χ2n) is 7.99. The minimum Gasteiger partial charge on any atom is -0.492 e. The van der Waals surface area contributed by atoms with Gasteiger partial charge in [-0.3, -0.25) is 9.11 Å². The molecule has 2 aromatic carbocycles. The summed E-state index contributed by atoms with van der Waals surface area (Å²) in [6, 6.07) is 16.9. The van der Waals surface area contributed by atoms with Crippen LogP contribution in [0.4, 0.5) is 0 Å². The number of aromatic nitrogens is 2. The molecular formula is C22H27BrN2O5S2. The highest BCUT2D eigenvalue weighted by Gasteiger charge is 2.16. The Hall–Kier alpha value is -1.85. The number of thioether (sulfide) groups is 1. The van der Waals surface area contributed by atoms with Gasteiger partial charge < -0.3 is 9.30 Å². The van der Waals surface area contributed by atoms with Gasteiger partial charge in [-0.15, -0.1) is 11.8 Å². The molecular weight excluding hydrogens is 516 g/mol. The number of benzene rings is 2. The first kappa shape index (κ1) is 26.4. The van der Waals surface area contributed by atoms with Crippen LogP contribution >= 0.6 is 27.7 Å². The van der Waals surface area contributed by atoms with Gasteiger partial charge in [-0.1, -0.05) is 48.8 Å². The molecule has 1 aromatic heterocycles. The smallest absolute Gasteiger partial charge is 0.394 e. The van der Waals surface area contributed by atoms with E-state index in [2.05, 4.69) is 70.5 Å². The number of imidazole rings is 1. The molecule has 1 heterocycles. The molecule has 10 heteroatoms. The number of ether oxygens (including phenoxy) is 1. The van der Waals surface area contributed by atoms with Gasteiger partial charge in [0.05, 0.1) is 11.6 Å². The molecule has 3 rings (SSSR count). The maximum Gasteiger partial charge on any atom is 0.394 e. The summed E-state index contributed by atoms with van der Waals surface area (Å²) >= 11 is 5.31. The average Bonchev–Trinajstić information content (AvgIpc) is 3.19. The van der Waals surface area contributed by atoms with Crippen molar-refractivity contribution in [2.24, 2.45) is 0 Å². The lowest BCUT2D eigenvalue weighted by Gasteiger charge is -2.21. The topological polar surface area (TPSA) is 102 Å². The van der Waals surface area contributed by atoms with Crippen molar-refractivity contribution in [3.8, 4) is 5.75 Å². The molecule has 0 saturated carbocycles. The molecule has 2 N–H and O–H groups in total. The Labute approximate surface area is 201 Å². The lowest BCUT2D eigenvalue weighted by Crippen LogP contribution is -2.20. The molecule has 0 aliphatic carbocycles. The molecule has 0 amide bonds. The van der Waals surface area contributed by atoms with Gasteiger partial charge in [-0.25, -0.2) is 4.98 Å². The number of hydrogen-bond donors (Lipinski definition) is 2. The van der Waals surface area contributed by atoms with E-state index in [4.69, 9.17) is 22.3 Å². The van der Waals surface area contributed by atoms with Crippen LogP contribution in [-0.2, 0) is 22.4 Å². The van der Waals surface area contributed by atoms with Crippen molar-refractivity contribution >= 4 is 38.1 Å². The zero-order valence-corrected chi connectivity index (χ0v) is 21.3. The second kappa shape index (κ2) is 11.9. The quantitative estimate of drug-likeness (QED) is 0.299. The Morgan fingerprint density at radius 2 is 1.69 bits per heavy atom. The summed E-state index contributed by atoms with van der Waals surface area (Å²) in [5, 5.41) is 0.281. The van der Waals surface area contributed by atoms with Crippen molar-refractivity contribution in [1.82, 2.24) is 9.55 Å². The summed E-state index contributed by atoms with van der Waals surface area (Å²) in [6.07, 6.45) is 5.67. The first-order chi connectivity index (χ1) is 14.9. The predicted octanol–water partition coefficient (Wildman–Crippen LogP) is 5.53. The maximum absolute atomic E-state index is 8.74. The van der Waals surface area contributed by atoms with E-state index in [9.17, 15) is 0 Å². The molecule has 0 aliphatic heterocycles. The van der Waals surface area contributed by atoms with Crippen molar-refractivity contribution in [2.45, 2.75) is 42.9 Å². The van der Waals surface area contributed by atoms with Gasteiger partial charge in [0.15, 0.2) is 0 Å². The normalized spacial score (nSPS) is 12.6. The van der Waals surface area contributed by atoms with Crippen molar-refractivity contribution in [3.63, 3.8) is 0 Å². The van der Waals surface area contributed by atoms with Crippen LogP contribution in [-0.4, -0.2) is 38.9 Å². The van der Waals surface area contributed by atoms with Gasteiger partial charge in [0.25, 0.3) is 0 Å². The molecule has 0 fully saturated rings. The highest BCUT2D eigenvalue weighted by Crippen LogP contribution is 2.29. The number of rotatable bonds is 7. The Morgan fingerprint density at radius 1 is 1.09 bits per heavy atom. The Kier molecular flexibility index (Phi) is 9.78. The van der Waals surface area contributed by atoms with Gasteiger partial charge in [0, 0.05) is 28.3 Å². The minimum atomic E-state index is -4.67. The van der Waals surface area contributed by atoms with Gasteiger partial charge in [0.2, 0.25) is 0 Å². The summed E-state index contributed by atoms with van der Waals surface area (Å²) in [5.74, 6) is 0.887. The van der Waals surface area contributed by atoms with Crippen LogP contribution in [0.25, 0.3) is 0 Å². The van der Waals surface area contributed by atoms with Crippen LogP contribution in [0, 0.1) is 0 Å². The van der Waals surface area contributed by atoms with Crippen molar-refractivity contribution in [2.75, 3.05) is 6.61 Å². The van der Waals surface area contributed by atoms with Crippen LogP contribution in [0.3, 0.4) is 0 Å². The molecule has 7 nitrogen and oxygen atoms in total. The fraction of sp³-hybridized carbons (Fsp3) is 0.318. The third-order valence-corrected chi connectivity index (χ3v) is 5.94. The van der Waals surface area contributed by atoms with Gasteiger partial charge in [0.1, 0.15) is 12.4 Å². The lowest BCUT2D eigenvalue weighted by atomic mass is 9.87. The molecule has 0 bridgehead atoms. The summed E-state index contributed by atoms with van der Waals surface area (Å²) in [7, 11) is -4.67. The summed E-state index contributed by atoms with van der Waals surface area (Å²) < 4.78 is 40.8. The number of halogens is 1. The monoisotopic (exact) mass is 542 g/mol. The third kappa shape index (κ3) is 10.6. The molecule has 174 valence electrons. The Morgan fingerprint density at radius 3 is 2.19 bits per heavy atom. The van der Waals surface area contributed by atoms with E-state index in [0.717, 1.165) is 16.8 Å². The summed E-state index contributed by atoms with van der Waals surface area (Å²) in [6.45, 7) is 8.20. The summed E-state index contributed by atoms with van der Waals surface area (Å²) in [5.41, 5.74) is 1.52. The minimum absolute atomic E-state index is 0.171. The van der Waals surface area contributed by atoms with Crippen LogP contribution in [0.15, 0.2) is 76.6 Å². The van der Waals surface area contributed by atoms with E-state index in [-0.39, 0.29) is 10.7 Å². The number of hydrogen-bond acceptors (Lipinski definition) is 5. The molecule has 0 saturated heterocycles. The van der Waals surface area contributed by atoms with Crippen LogP contribution < -0.4 is 4.74 Å². The highest BCUT2D eigenvalue weighted by atomic mass is 79.9. The van der Waals surface area contributed by atoms with Crippen LogP contribution in [0.2, 0.25) is 0 Å². The van der Waals surface area contributed by atoms with E-state index in [0.29, 0.717) is 6.61 Å². The molecule has 1 unspecified atom stereocenters. The molecule has 0 radical (unpaired) electrons. The lowest BCUT2D eigenvalue weighted by molar-refractivity contribution is 0.308. The number of nitrogens with zero attached hydrogens (tertiary/aromatic N) is 2. The standard InChI is InChI=1S/C22H25BrN2OS.H2O4S/c1-22(2,3)17-4-10-20(11-5-17)27-21(14-25-13-12-24-16-25)15-26-19-8-6-18(23)7-9-19;1-5(2,3)4/h4-13,16,21H,14-15H2,1-3H3;(H2,1,2,3,4). The first-order valence-corrected chi connectivity index (χ1v) is 12.8. The Balaban J connectivity index is 0.000000654. The first-order valence-electron chi connectivity index (χ1n) is 9.71. The van der Waals surface area contributed by atoms with Crippen LogP contribution in [0.1, 0.15) is 26.3 Å². The van der Waals surface area contributed by atoms with Crippen molar-refractivity contribution in [1.29, 1.82) is 0 Å². The van der Waals surface area contributed by atoms with E-state index in [1.54, 1.807) is 0 Å². The molecule has 0 spiro atoms. The highest BCUT2D eigenvalue weighted by molar-refractivity contribution is 9.10. The SMILES string of the molecule is CC(C)(C)c1ccc(SC(COc2ccc(Br)cc2)Cn2ccnc2)cc1.O=S(=O)(O)O. The molecule has 1 atom stereocenters. The van der Waals surface area contributed by atoms with Gasteiger partial charge in [-0.2, -0.15) is 8.42 Å². The Bertz CT molecular complexity index is 1040. The van der Waals surface area contributed by atoms with Gasteiger partial charge in [-0.05, 0) is 47.4 Å². The summed E-state index contributed by atoms with van der Waals surface area (Å²) in [4.78, 5) is 5.41. The zero-order valence-electron chi connectivity index (χ0n) is 18.1. The van der Waals surface area contributed by atoms with E-state index in [1.807, 2.05) is 54.7 Å². The molecule has 32 heavy (non-hydrogen) atoms. The largest absolute Gasteiger partial charge is 0.492 e. The predicted molar refractivity (Wildman–Crippen MR) is 131 cm³/mol. The second-order valence-corrected chi connectivity index (χ2v) is 11.2. The molecule has 0 aliphatic rings. The van der Waals surface area contributed by atoms with Gasteiger partial charge >= 0.3 is 10.4 Å². The van der Waals surface area contributed by atoms with Crippen LogP contribution in [0.5, 0.6) is 5.75 Å². The van der Waals surface area contributed by atoms with Crippen molar-refractivity contribution < 1.29 is 22.3 Å². The third-order valence-electron chi connectivity index (χ3n) is 4.25. The molecule has 3 aromatic rings. The zero-order chi connectivity index (χ0) is 23.8. The van der Waals surface area contributed by atoms with Crippen molar-refractivity contribution in [3.05, 3.63) is 77.3 Å². The van der Waals surface area contributed by atoms with E-state index < -0.39 is 10.4 Å². The fourth-order valence-electron chi connectivity index (χ4n) is 2.70. The van der Waals surface area contributed by atoms with E-state index in [1.165, 1.54) is 10.5 Å².